The van der Waals surface area contributed by atoms with Crippen LogP contribution in [0.5, 0.6) is 0 Å². The summed E-state index contributed by atoms with van der Waals surface area (Å²) in [6, 6.07) is 14.8. The molecule has 2 aromatic carbocycles. The maximum Gasteiger partial charge on any atom is 0.321 e. The number of pyridine rings is 1. The zero-order chi connectivity index (χ0) is 29.8. The molecule has 2 aromatic heterocycles. The molecular formula is C31H32ClN9O2. The highest BCUT2D eigenvalue weighted by Crippen LogP contribution is 2.30. The second-order valence-corrected chi connectivity index (χ2v) is 11.2. The number of aromatic nitrogens is 3. The van der Waals surface area contributed by atoms with Crippen molar-refractivity contribution in [3.05, 3.63) is 83.3 Å². The van der Waals surface area contributed by atoms with E-state index >= 15 is 0 Å². The van der Waals surface area contributed by atoms with Gasteiger partial charge >= 0.3 is 6.03 Å². The first kappa shape index (κ1) is 28.2. The number of carbonyl (C=O) groups is 2. The largest absolute Gasteiger partial charge is 0.399 e. The van der Waals surface area contributed by atoms with Crippen molar-refractivity contribution in [1.29, 1.82) is 0 Å². The van der Waals surface area contributed by atoms with E-state index in [1.165, 1.54) is 0 Å². The Hall–Kier alpha value is -4.90. The number of benzene rings is 2. The summed E-state index contributed by atoms with van der Waals surface area (Å²) in [7, 11) is 0. The van der Waals surface area contributed by atoms with Crippen molar-refractivity contribution >= 4 is 63.7 Å². The topological polar surface area (TPSA) is 150 Å². The zero-order valence-electron chi connectivity index (χ0n) is 23.4. The Balaban J connectivity index is 1.10. The minimum absolute atomic E-state index is 0.0427. The molecule has 0 saturated carbocycles. The Kier molecular flexibility index (Phi) is 8.23. The van der Waals surface area contributed by atoms with Crippen LogP contribution in [-0.4, -0.2) is 44.9 Å². The summed E-state index contributed by atoms with van der Waals surface area (Å²) in [6.07, 6.45) is 8.41. The molecule has 12 heteroatoms. The minimum atomic E-state index is -0.154. The van der Waals surface area contributed by atoms with Gasteiger partial charge in [-0.25, -0.2) is 9.78 Å². The molecular weight excluding hydrogens is 566 g/mol. The first-order chi connectivity index (χ1) is 20.9. The van der Waals surface area contributed by atoms with E-state index in [0.717, 1.165) is 47.5 Å². The van der Waals surface area contributed by atoms with Crippen molar-refractivity contribution in [3.8, 4) is 0 Å². The van der Waals surface area contributed by atoms with Crippen LogP contribution in [0.25, 0.3) is 0 Å². The number of amides is 3. The number of anilines is 7. The average Bonchev–Trinajstić information content (AvgIpc) is 2.99. The maximum atomic E-state index is 13.2. The van der Waals surface area contributed by atoms with Gasteiger partial charge in [-0.15, -0.1) is 0 Å². The molecule has 2 aliphatic heterocycles. The minimum Gasteiger partial charge on any atom is -0.399 e. The van der Waals surface area contributed by atoms with Crippen molar-refractivity contribution in [2.75, 3.05) is 40.1 Å². The molecule has 6 bridgehead atoms. The molecule has 2 aliphatic rings. The third kappa shape index (κ3) is 7.12. The summed E-state index contributed by atoms with van der Waals surface area (Å²) in [5.74, 6) is 1.02. The molecule has 3 amide bonds. The van der Waals surface area contributed by atoms with Gasteiger partial charge < -0.3 is 31.9 Å². The molecule has 0 radical (unpaired) electrons. The second kappa shape index (κ2) is 12.5. The Labute approximate surface area is 254 Å². The van der Waals surface area contributed by atoms with Crippen molar-refractivity contribution in [3.63, 3.8) is 0 Å². The number of nitrogens with two attached hydrogens (primary N) is 1. The average molecular weight is 598 g/mol. The van der Waals surface area contributed by atoms with Crippen molar-refractivity contribution < 1.29 is 9.59 Å². The Bertz CT molecular complexity index is 1660. The van der Waals surface area contributed by atoms with Crippen LogP contribution in [0.2, 0.25) is 5.02 Å². The number of hydrogen-bond donors (Lipinski definition) is 5. The molecule has 220 valence electrons. The van der Waals surface area contributed by atoms with Gasteiger partial charge in [0.05, 0.1) is 18.1 Å². The first-order valence-corrected chi connectivity index (χ1v) is 14.6. The zero-order valence-corrected chi connectivity index (χ0v) is 24.2. The number of halogens is 1. The van der Waals surface area contributed by atoms with E-state index in [2.05, 4.69) is 36.2 Å². The quantitative estimate of drug-likeness (QED) is 0.181. The number of likely N-dealkylation sites (tertiary alicyclic amines) is 1. The Morgan fingerprint density at radius 2 is 1.84 bits per heavy atom. The number of nitrogen functional groups attached to an aromatic ring is 1. The van der Waals surface area contributed by atoms with Gasteiger partial charge in [-0.2, -0.15) is 4.98 Å². The molecule has 43 heavy (non-hydrogen) atoms. The molecule has 0 atom stereocenters. The summed E-state index contributed by atoms with van der Waals surface area (Å²) >= 11 is 6.38. The number of nitrogens with one attached hydrogen (secondary N) is 4. The molecule has 4 aromatic rings. The van der Waals surface area contributed by atoms with Crippen LogP contribution in [0.4, 0.5) is 45.0 Å². The van der Waals surface area contributed by atoms with E-state index in [0.29, 0.717) is 54.1 Å². The summed E-state index contributed by atoms with van der Waals surface area (Å²) in [4.78, 5) is 40.8. The normalized spacial score (nSPS) is 14.7. The highest BCUT2D eigenvalue weighted by molar-refractivity contribution is 6.32. The van der Waals surface area contributed by atoms with Gasteiger partial charge in [0.2, 0.25) is 11.9 Å². The van der Waals surface area contributed by atoms with Crippen molar-refractivity contribution in [2.45, 2.75) is 32.1 Å². The summed E-state index contributed by atoms with van der Waals surface area (Å²) < 4.78 is 0. The second-order valence-electron chi connectivity index (χ2n) is 10.8. The molecule has 0 aliphatic carbocycles. The Morgan fingerprint density at radius 1 is 0.977 bits per heavy atom. The number of hydrogen-bond acceptors (Lipinski definition) is 8. The number of aryl methyl sites for hydroxylation is 2. The molecule has 0 spiro atoms. The smallest absolute Gasteiger partial charge is 0.321 e. The van der Waals surface area contributed by atoms with Crippen molar-refractivity contribution in [2.24, 2.45) is 5.92 Å². The van der Waals surface area contributed by atoms with E-state index < -0.39 is 0 Å². The number of rotatable bonds is 4. The number of urea groups is 1. The fraction of sp³-hybridized carbons (Fsp3) is 0.258. The van der Waals surface area contributed by atoms with Crippen LogP contribution in [0.3, 0.4) is 0 Å². The fourth-order valence-electron chi connectivity index (χ4n) is 5.38. The van der Waals surface area contributed by atoms with Crippen LogP contribution in [-0.2, 0) is 17.6 Å². The van der Waals surface area contributed by atoms with Gasteiger partial charge in [-0.3, -0.25) is 9.78 Å². The van der Waals surface area contributed by atoms with Crippen molar-refractivity contribution in [1.82, 2.24) is 19.9 Å². The first-order valence-electron chi connectivity index (χ1n) is 14.2. The lowest BCUT2D eigenvalue weighted by atomic mass is 9.93. The lowest BCUT2D eigenvalue weighted by molar-refractivity contribution is -0.117. The number of nitrogens with zero attached hydrogens (tertiary/aromatic N) is 4. The van der Waals surface area contributed by atoms with E-state index in [4.69, 9.17) is 17.3 Å². The molecule has 6 N–H and O–H groups in total. The van der Waals surface area contributed by atoms with Crippen LogP contribution in [0.1, 0.15) is 30.4 Å². The van der Waals surface area contributed by atoms with E-state index in [1.807, 2.05) is 36.5 Å². The van der Waals surface area contributed by atoms with Gasteiger partial charge in [0, 0.05) is 48.5 Å². The van der Waals surface area contributed by atoms with E-state index in [9.17, 15) is 9.59 Å². The molecule has 1 saturated heterocycles. The third-order valence-electron chi connectivity index (χ3n) is 7.63. The fourth-order valence-corrected chi connectivity index (χ4v) is 5.51. The predicted octanol–water partition coefficient (Wildman–Crippen LogP) is 5.97. The van der Waals surface area contributed by atoms with Crippen LogP contribution >= 0.6 is 11.6 Å². The van der Waals surface area contributed by atoms with Gasteiger partial charge in [0.1, 0.15) is 5.02 Å². The van der Waals surface area contributed by atoms with Crippen LogP contribution < -0.4 is 27.0 Å². The lowest BCUT2D eigenvalue weighted by Crippen LogP contribution is -2.41. The summed E-state index contributed by atoms with van der Waals surface area (Å²) in [6.45, 7) is 1.18. The van der Waals surface area contributed by atoms with Gasteiger partial charge in [0.15, 0.2) is 5.82 Å². The highest BCUT2D eigenvalue weighted by Gasteiger charge is 2.25. The molecule has 11 nitrogen and oxygen atoms in total. The number of piperidine rings is 1. The number of carbonyl (C=O) groups excluding carboxylic acids is 2. The molecule has 1 fully saturated rings. The highest BCUT2D eigenvalue weighted by atomic mass is 35.5. The summed E-state index contributed by atoms with van der Waals surface area (Å²) in [5, 5.41) is 12.9. The van der Waals surface area contributed by atoms with Gasteiger partial charge in [-0.1, -0.05) is 17.7 Å². The SMILES string of the molecule is Nc1cccc(NC(=O)N2CCC(CC(=O)Nc3ccc4cc3CCc3cncc(c3)Nc3ncc(Cl)c(n3)N4)CC2)c1. The monoisotopic (exact) mass is 597 g/mol. The maximum absolute atomic E-state index is 13.2. The van der Waals surface area contributed by atoms with E-state index in [-0.39, 0.29) is 17.9 Å². The van der Waals surface area contributed by atoms with Gasteiger partial charge in [-0.05, 0) is 85.2 Å². The molecule has 0 unspecified atom stereocenters. The predicted molar refractivity (Wildman–Crippen MR) is 169 cm³/mol. The Morgan fingerprint density at radius 3 is 2.67 bits per heavy atom. The summed E-state index contributed by atoms with van der Waals surface area (Å²) in [5.41, 5.74) is 11.4. The third-order valence-corrected chi connectivity index (χ3v) is 7.91. The van der Waals surface area contributed by atoms with Crippen LogP contribution in [0.15, 0.2) is 67.1 Å². The number of fused-ring (bicyclic) bond motifs is 6. The molecule has 6 rings (SSSR count). The van der Waals surface area contributed by atoms with Gasteiger partial charge in [0.25, 0.3) is 0 Å². The standard InChI is InChI=1S/C31H32ClN9O2/c32-26-18-35-30-37-25-12-20(16-34-17-25)4-5-21-14-24(36-29(26)40-30)6-7-27(21)39-28(42)13-19-8-10-41(11-9-19)31(43)38-23-3-1-2-22(33)15-23/h1-3,6-7,12,14-19H,4-5,8-11,13,33H2,(H,38,43)(H,39,42)(H2,35,36,37,40). The lowest BCUT2D eigenvalue weighted by Gasteiger charge is -2.31. The molecule has 4 heterocycles. The van der Waals surface area contributed by atoms with E-state index in [1.54, 1.807) is 35.5 Å². The van der Waals surface area contributed by atoms with Crippen LogP contribution in [0, 0.1) is 5.92 Å².